The van der Waals surface area contributed by atoms with E-state index in [0.717, 1.165) is 18.2 Å². The van der Waals surface area contributed by atoms with E-state index in [1.54, 1.807) is 0 Å². The van der Waals surface area contributed by atoms with Crippen molar-refractivity contribution in [3.63, 3.8) is 0 Å². The Morgan fingerprint density at radius 3 is 2.88 bits per heavy atom. The lowest BCUT2D eigenvalue weighted by atomic mass is 10.2. The van der Waals surface area contributed by atoms with Crippen LogP contribution in [0.25, 0.3) is 21.3 Å². The first kappa shape index (κ1) is 10.8. The van der Waals surface area contributed by atoms with Crippen molar-refractivity contribution in [2.45, 2.75) is 0 Å². The molecule has 0 aliphatic heterocycles. The molecule has 0 aliphatic rings. The number of aromatic nitrogens is 1. The van der Waals surface area contributed by atoms with E-state index in [9.17, 15) is 14.0 Å². The molecule has 1 N–H and O–H groups in total. The number of H-pyrrole nitrogens is 1. The first-order valence-corrected chi connectivity index (χ1v) is 4.54. The van der Waals surface area contributed by atoms with Gasteiger partial charge in [0, 0.05) is 16.4 Å². The molecule has 1 amide bonds. The molecule has 17 heavy (non-hydrogen) atoms. The van der Waals surface area contributed by atoms with Gasteiger partial charge >= 0.3 is 0 Å². The summed E-state index contributed by atoms with van der Waals surface area (Å²) in [5.41, 5.74) is 7.66. The first-order valence-electron chi connectivity index (χ1n) is 4.54. The lowest BCUT2D eigenvalue weighted by molar-refractivity contribution is 0.0996. The van der Waals surface area contributed by atoms with Gasteiger partial charge < -0.3 is 4.98 Å². The Kier molecular flexibility index (Phi) is 2.60. The number of nitrogens with zero attached hydrogens (tertiary/aromatic N) is 3. The summed E-state index contributed by atoms with van der Waals surface area (Å²) in [6.45, 7) is 0. The number of carbonyl (C=O) groups is 1. The molecule has 0 spiro atoms. The van der Waals surface area contributed by atoms with Gasteiger partial charge in [0.2, 0.25) is 0 Å². The van der Waals surface area contributed by atoms with Crippen molar-refractivity contribution < 1.29 is 9.18 Å². The summed E-state index contributed by atoms with van der Waals surface area (Å²) in [5.74, 6) is -1.46. The second-order valence-electron chi connectivity index (χ2n) is 3.23. The second-order valence-corrected chi connectivity index (χ2v) is 3.23. The van der Waals surface area contributed by atoms with E-state index in [1.807, 2.05) is 0 Å². The van der Waals surface area contributed by atoms with Crippen molar-refractivity contribution in [1.29, 1.82) is 0 Å². The highest BCUT2D eigenvalue weighted by atomic mass is 19.1. The van der Waals surface area contributed by atoms with Gasteiger partial charge in [-0.2, -0.15) is 0 Å². The Balaban J connectivity index is 2.74. The summed E-state index contributed by atoms with van der Waals surface area (Å²) >= 11 is 0. The van der Waals surface area contributed by atoms with Gasteiger partial charge in [0.25, 0.3) is 5.91 Å². The van der Waals surface area contributed by atoms with Gasteiger partial charge in [0.1, 0.15) is 5.82 Å². The largest absolute Gasteiger partial charge is 0.352 e. The van der Waals surface area contributed by atoms with Gasteiger partial charge in [-0.05, 0) is 28.8 Å². The van der Waals surface area contributed by atoms with Crippen LogP contribution in [0.15, 0.2) is 34.2 Å². The zero-order chi connectivity index (χ0) is 12.4. The summed E-state index contributed by atoms with van der Waals surface area (Å²) in [7, 11) is 0. The number of azide groups is 1. The highest BCUT2D eigenvalue weighted by Gasteiger charge is 2.08. The molecule has 2 aromatic rings. The number of pyridine rings is 1. The van der Waals surface area contributed by atoms with E-state index >= 15 is 0 Å². The molecule has 7 heteroatoms. The van der Waals surface area contributed by atoms with Gasteiger partial charge in [-0.15, -0.1) is 0 Å². The van der Waals surface area contributed by atoms with Crippen LogP contribution in [-0.4, -0.2) is 10.9 Å². The Morgan fingerprint density at radius 2 is 2.18 bits per heavy atom. The number of aromatic amines is 1. The lowest BCUT2D eigenvalue weighted by Gasteiger charge is -2.00. The number of rotatable bonds is 1. The van der Waals surface area contributed by atoms with Crippen molar-refractivity contribution in [1.82, 2.24) is 4.98 Å². The van der Waals surface area contributed by atoms with Crippen LogP contribution in [0.1, 0.15) is 10.5 Å². The van der Waals surface area contributed by atoms with E-state index in [1.165, 1.54) is 6.07 Å². The molecule has 0 bridgehead atoms. The fourth-order valence-corrected chi connectivity index (χ4v) is 1.43. The summed E-state index contributed by atoms with van der Waals surface area (Å²) in [6.07, 6.45) is 0. The Labute approximate surface area is 93.3 Å². The number of fused-ring (bicyclic) bond motifs is 1. The highest BCUT2D eigenvalue weighted by Crippen LogP contribution is 2.10. The number of carbonyl (C=O) groups excluding carboxylic acids is 1. The molecular weight excluding hydrogens is 227 g/mol. The lowest BCUT2D eigenvalue weighted by Crippen LogP contribution is -2.08. The Hall–Kier alpha value is -2.66. The zero-order valence-corrected chi connectivity index (χ0v) is 8.35. The van der Waals surface area contributed by atoms with Crippen LogP contribution in [0.5, 0.6) is 0 Å². The van der Waals surface area contributed by atoms with E-state index in [0.29, 0.717) is 0 Å². The third kappa shape index (κ3) is 1.99. The molecule has 2 rings (SSSR count). The van der Waals surface area contributed by atoms with Crippen LogP contribution >= 0.6 is 0 Å². The third-order valence-electron chi connectivity index (χ3n) is 2.16. The van der Waals surface area contributed by atoms with E-state index in [4.69, 9.17) is 5.53 Å². The number of hydrogen-bond donors (Lipinski definition) is 1. The molecule has 1 aromatic heterocycles. The summed E-state index contributed by atoms with van der Waals surface area (Å²) < 4.78 is 13.0. The molecule has 1 aromatic carbocycles. The molecular formula is C10H5FN4O2. The van der Waals surface area contributed by atoms with Crippen LogP contribution in [0, 0.1) is 5.82 Å². The van der Waals surface area contributed by atoms with E-state index in [2.05, 4.69) is 15.0 Å². The topological polar surface area (TPSA) is 98.7 Å². The van der Waals surface area contributed by atoms with Crippen molar-refractivity contribution in [2.24, 2.45) is 5.11 Å². The minimum Gasteiger partial charge on any atom is -0.352 e. The molecule has 0 atom stereocenters. The fourth-order valence-electron chi connectivity index (χ4n) is 1.43. The van der Waals surface area contributed by atoms with Crippen molar-refractivity contribution in [2.75, 3.05) is 0 Å². The van der Waals surface area contributed by atoms with E-state index in [-0.39, 0.29) is 16.6 Å². The Morgan fingerprint density at radius 1 is 1.41 bits per heavy atom. The molecule has 0 radical (unpaired) electrons. The standard InChI is InChI=1S/C10H5FN4O2/c11-5-1-2-6-7(3-5)13-8(4-9(6)16)10(17)14-15-12/h1-4H,(H,13,16). The Bertz CT molecular complexity index is 716. The second kappa shape index (κ2) is 4.07. The van der Waals surface area contributed by atoms with E-state index < -0.39 is 17.2 Å². The van der Waals surface area contributed by atoms with Crippen LogP contribution in [0.4, 0.5) is 4.39 Å². The maximum atomic E-state index is 13.0. The first-order chi connectivity index (χ1) is 8.11. The number of amides is 1. The highest BCUT2D eigenvalue weighted by molar-refractivity contribution is 5.95. The maximum absolute atomic E-state index is 13.0. The minimum atomic E-state index is -0.921. The van der Waals surface area contributed by atoms with Gasteiger partial charge in [-0.3, -0.25) is 9.59 Å². The fraction of sp³-hybridized carbons (Fsp3) is 0. The molecule has 0 fully saturated rings. The number of nitrogens with one attached hydrogen (secondary N) is 1. The van der Waals surface area contributed by atoms with Crippen molar-refractivity contribution in [3.05, 3.63) is 56.4 Å². The van der Waals surface area contributed by atoms with Crippen LogP contribution in [-0.2, 0) is 0 Å². The monoisotopic (exact) mass is 232 g/mol. The average Bonchev–Trinajstić information content (AvgIpc) is 2.28. The molecule has 1 heterocycles. The SMILES string of the molecule is [N-]=[N+]=NC(=O)c1cc(=O)c2ccc(F)cc2[nH]1. The van der Waals surface area contributed by atoms with Crippen LogP contribution < -0.4 is 5.43 Å². The van der Waals surface area contributed by atoms with Gasteiger partial charge in [0.05, 0.1) is 11.2 Å². The molecule has 0 saturated heterocycles. The van der Waals surface area contributed by atoms with Crippen molar-refractivity contribution >= 4 is 16.8 Å². The molecule has 0 unspecified atom stereocenters. The van der Waals surface area contributed by atoms with Gasteiger partial charge in [0.15, 0.2) is 5.43 Å². The van der Waals surface area contributed by atoms with Crippen molar-refractivity contribution in [3.8, 4) is 0 Å². The predicted molar refractivity (Wildman–Crippen MR) is 58.0 cm³/mol. The maximum Gasteiger partial charge on any atom is 0.265 e. The van der Waals surface area contributed by atoms with Crippen LogP contribution in [0.2, 0.25) is 0 Å². The molecule has 0 aliphatic carbocycles. The normalized spacial score (nSPS) is 9.94. The predicted octanol–water partition coefficient (Wildman–Crippen LogP) is 2.12. The number of benzene rings is 1. The number of halogens is 1. The summed E-state index contributed by atoms with van der Waals surface area (Å²) in [5, 5.41) is 3.10. The minimum absolute atomic E-state index is 0.175. The van der Waals surface area contributed by atoms with Crippen LogP contribution in [0.3, 0.4) is 0 Å². The quantitative estimate of drug-likeness (QED) is 0.462. The smallest absolute Gasteiger partial charge is 0.265 e. The molecule has 0 saturated carbocycles. The third-order valence-corrected chi connectivity index (χ3v) is 2.16. The average molecular weight is 232 g/mol. The van der Waals surface area contributed by atoms with Gasteiger partial charge in [-0.25, -0.2) is 4.39 Å². The summed E-state index contributed by atoms with van der Waals surface area (Å²) in [6, 6.07) is 4.55. The summed E-state index contributed by atoms with van der Waals surface area (Å²) in [4.78, 5) is 27.7. The van der Waals surface area contributed by atoms with Gasteiger partial charge in [-0.1, -0.05) is 0 Å². The zero-order valence-electron chi connectivity index (χ0n) is 8.35. The molecule has 84 valence electrons. The molecule has 6 nitrogen and oxygen atoms in total. The number of hydrogen-bond acceptors (Lipinski definition) is 2.